The highest BCUT2D eigenvalue weighted by atomic mass is 14.2. The topological polar surface area (TPSA) is 0 Å². The van der Waals surface area contributed by atoms with Gasteiger partial charge < -0.3 is 0 Å². The minimum atomic E-state index is 0.199. The van der Waals surface area contributed by atoms with E-state index in [1.165, 1.54) is 11.1 Å². The van der Waals surface area contributed by atoms with Gasteiger partial charge in [-0.3, -0.25) is 0 Å². The largest absolute Gasteiger partial charge is 0.0646 e. The van der Waals surface area contributed by atoms with Gasteiger partial charge in [0.25, 0.3) is 0 Å². The van der Waals surface area contributed by atoms with Gasteiger partial charge in [0.15, 0.2) is 0 Å². The molecule has 2 aromatic carbocycles. The Labute approximate surface area is 136 Å². The molecule has 0 saturated heterocycles. The summed E-state index contributed by atoms with van der Waals surface area (Å²) in [4.78, 5) is 0. The molecule has 0 N–H and O–H groups in total. The molecule has 2 radical (unpaired) electrons. The molecule has 2 rings (SSSR count). The predicted molar refractivity (Wildman–Crippen MR) is 96.2 cm³/mol. The van der Waals surface area contributed by atoms with Crippen molar-refractivity contribution >= 4 is 0 Å². The smallest absolute Gasteiger partial charge is 0.00959 e. The van der Waals surface area contributed by atoms with Gasteiger partial charge in [-0.1, -0.05) is 65.8 Å². The minimum absolute atomic E-state index is 0.199. The third-order valence-corrected chi connectivity index (χ3v) is 5.22. The van der Waals surface area contributed by atoms with Gasteiger partial charge in [0.2, 0.25) is 0 Å². The minimum Gasteiger partial charge on any atom is -0.0646 e. The lowest BCUT2D eigenvalue weighted by Gasteiger charge is -2.25. The SMILES string of the molecule is CCC(C)(C)c1cc[c]c(-c2[c]ccc(C(C)(C)CC)c2)c1. The summed E-state index contributed by atoms with van der Waals surface area (Å²) < 4.78 is 0. The summed E-state index contributed by atoms with van der Waals surface area (Å²) in [5.74, 6) is 0. The van der Waals surface area contributed by atoms with Crippen LogP contribution in [-0.2, 0) is 10.8 Å². The van der Waals surface area contributed by atoms with E-state index in [0.717, 1.165) is 24.0 Å². The molecule has 2 aromatic rings. The van der Waals surface area contributed by atoms with E-state index in [1.54, 1.807) is 0 Å². The molecule has 116 valence electrons. The number of hydrogen-bond donors (Lipinski definition) is 0. The normalized spacial score (nSPS) is 12.5. The molecule has 0 aliphatic rings. The Morgan fingerprint density at radius 2 is 1.09 bits per heavy atom. The van der Waals surface area contributed by atoms with Crippen molar-refractivity contribution in [2.24, 2.45) is 0 Å². The second kappa shape index (κ2) is 6.28. The monoisotopic (exact) mass is 292 g/mol. The molecule has 0 heterocycles. The standard InChI is InChI=1S/C22H28/c1-7-21(3,4)19-13-9-11-17(15-19)18-12-10-14-20(16-18)22(5,6)8-2/h9-10,13-16H,7-8H2,1-6H3. The molecule has 0 nitrogen and oxygen atoms in total. The second-order valence-electron chi connectivity index (χ2n) is 7.46. The van der Waals surface area contributed by atoms with Crippen LogP contribution >= 0.6 is 0 Å². The van der Waals surface area contributed by atoms with E-state index in [4.69, 9.17) is 0 Å². The first-order chi connectivity index (χ1) is 10.3. The van der Waals surface area contributed by atoms with E-state index in [1.807, 2.05) is 12.1 Å². The summed E-state index contributed by atoms with van der Waals surface area (Å²) in [6, 6.07) is 19.8. The average molecular weight is 292 g/mol. The molecule has 0 saturated carbocycles. The van der Waals surface area contributed by atoms with Crippen LogP contribution < -0.4 is 0 Å². The van der Waals surface area contributed by atoms with Gasteiger partial charge in [-0.2, -0.15) is 0 Å². The summed E-state index contributed by atoms with van der Waals surface area (Å²) in [6.45, 7) is 13.7. The van der Waals surface area contributed by atoms with Crippen molar-refractivity contribution in [3.63, 3.8) is 0 Å². The van der Waals surface area contributed by atoms with Gasteiger partial charge in [0.1, 0.15) is 0 Å². The quantitative estimate of drug-likeness (QED) is 0.604. The van der Waals surface area contributed by atoms with E-state index in [0.29, 0.717) is 0 Å². The molecule has 0 heteroatoms. The lowest BCUT2D eigenvalue weighted by Crippen LogP contribution is -2.16. The molecular weight excluding hydrogens is 264 g/mol. The zero-order chi connectivity index (χ0) is 16.4. The number of rotatable bonds is 5. The number of hydrogen-bond acceptors (Lipinski definition) is 0. The Hall–Kier alpha value is -1.56. The first-order valence-corrected chi connectivity index (χ1v) is 8.35. The van der Waals surface area contributed by atoms with Gasteiger partial charge in [-0.05, 0) is 70.2 Å². The van der Waals surface area contributed by atoms with Crippen molar-refractivity contribution in [3.05, 3.63) is 59.7 Å². The van der Waals surface area contributed by atoms with E-state index < -0.39 is 0 Å². The Bertz CT molecular complexity index is 574. The zero-order valence-electron chi connectivity index (χ0n) is 14.9. The van der Waals surface area contributed by atoms with Crippen LogP contribution in [0.5, 0.6) is 0 Å². The Morgan fingerprint density at radius 1 is 0.727 bits per heavy atom. The van der Waals surface area contributed by atoms with E-state index in [2.05, 4.69) is 77.9 Å². The Morgan fingerprint density at radius 3 is 1.41 bits per heavy atom. The molecule has 0 unspecified atom stereocenters. The summed E-state index contributed by atoms with van der Waals surface area (Å²) in [7, 11) is 0. The molecular formula is C22H28. The summed E-state index contributed by atoms with van der Waals surface area (Å²) in [5, 5.41) is 0. The van der Waals surface area contributed by atoms with E-state index in [-0.39, 0.29) is 10.8 Å². The maximum absolute atomic E-state index is 3.39. The lowest BCUT2D eigenvalue weighted by molar-refractivity contribution is 0.505. The summed E-state index contributed by atoms with van der Waals surface area (Å²) >= 11 is 0. The zero-order valence-corrected chi connectivity index (χ0v) is 14.9. The van der Waals surface area contributed by atoms with Crippen LogP contribution in [0.25, 0.3) is 11.1 Å². The molecule has 0 bridgehead atoms. The van der Waals surface area contributed by atoms with Crippen LogP contribution in [0.1, 0.15) is 65.5 Å². The molecule has 22 heavy (non-hydrogen) atoms. The molecule has 0 aromatic heterocycles. The fourth-order valence-electron chi connectivity index (χ4n) is 2.49. The fourth-order valence-corrected chi connectivity index (χ4v) is 2.49. The molecule has 0 atom stereocenters. The van der Waals surface area contributed by atoms with Crippen LogP contribution in [0.15, 0.2) is 36.4 Å². The van der Waals surface area contributed by atoms with Crippen molar-refractivity contribution in [2.45, 2.75) is 65.2 Å². The maximum atomic E-state index is 3.39. The number of benzene rings is 2. The van der Waals surface area contributed by atoms with Crippen molar-refractivity contribution in [1.82, 2.24) is 0 Å². The van der Waals surface area contributed by atoms with Gasteiger partial charge in [0.05, 0.1) is 0 Å². The van der Waals surface area contributed by atoms with E-state index in [9.17, 15) is 0 Å². The fraction of sp³-hybridized carbons (Fsp3) is 0.455. The van der Waals surface area contributed by atoms with Crippen LogP contribution in [0.3, 0.4) is 0 Å². The van der Waals surface area contributed by atoms with Crippen molar-refractivity contribution in [1.29, 1.82) is 0 Å². The average Bonchev–Trinajstić information content (AvgIpc) is 2.55. The highest BCUT2D eigenvalue weighted by Crippen LogP contribution is 2.32. The highest BCUT2D eigenvalue weighted by molar-refractivity contribution is 5.64. The second-order valence-corrected chi connectivity index (χ2v) is 7.46. The molecule has 0 fully saturated rings. The van der Waals surface area contributed by atoms with Crippen LogP contribution in [0, 0.1) is 12.1 Å². The van der Waals surface area contributed by atoms with Gasteiger partial charge in [-0.15, -0.1) is 0 Å². The molecule has 0 spiro atoms. The third kappa shape index (κ3) is 3.43. The van der Waals surface area contributed by atoms with Crippen LogP contribution in [0.4, 0.5) is 0 Å². The first kappa shape index (κ1) is 16.8. The predicted octanol–water partition coefficient (Wildman–Crippen LogP) is 6.33. The lowest BCUT2D eigenvalue weighted by atomic mass is 9.79. The van der Waals surface area contributed by atoms with Gasteiger partial charge in [0, 0.05) is 0 Å². The molecule has 0 aliphatic heterocycles. The molecule has 0 amide bonds. The Balaban J connectivity index is 2.45. The van der Waals surface area contributed by atoms with Crippen molar-refractivity contribution in [2.75, 3.05) is 0 Å². The third-order valence-electron chi connectivity index (χ3n) is 5.22. The van der Waals surface area contributed by atoms with Gasteiger partial charge >= 0.3 is 0 Å². The van der Waals surface area contributed by atoms with E-state index >= 15 is 0 Å². The summed E-state index contributed by atoms with van der Waals surface area (Å²) in [5.41, 5.74) is 5.43. The highest BCUT2D eigenvalue weighted by Gasteiger charge is 2.20. The van der Waals surface area contributed by atoms with Crippen molar-refractivity contribution in [3.8, 4) is 11.1 Å². The van der Waals surface area contributed by atoms with Gasteiger partial charge in [-0.25, -0.2) is 0 Å². The first-order valence-electron chi connectivity index (χ1n) is 8.35. The van der Waals surface area contributed by atoms with Crippen LogP contribution in [-0.4, -0.2) is 0 Å². The Kier molecular flexibility index (Phi) is 4.80. The van der Waals surface area contributed by atoms with Crippen molar-refractivity contribution < 1.29 is 0 Å². The summed E-state index contributed by atoms with van der Waals surface area (Å²) in [6.07, 6.45) is 2.26. The maximum Gasteiger partial charge on any atom is -0.00959 e. The molecule has 0 aliphatic carbocycles. The van der Waals surface area contributed by atoms with Crippen LogP contribution in [0.2, 0.25) is 0 Å².